The molecule has 1 amide bonds. The van der Waals surface area contributed by atoms with Crippen LogP contribution in [0.3, 0.4) is 0 Å². The van der Waals surface area contributed by atoms with Gasteiger partial charge in [-0.2, -0.15) is 0 Å². The third-order valence-electron chi connectivity index (χ3n) is 2.68. The molecule has 0 aliphatic rings. The number of benzene rings is 1. The molecule has 2 rings (SSSR count). The van der Waals surface area contributed by atoms with E-state index in [1.165, 1.54) is 23.9 Å². The fraction of sp³-hybridized carbons (Fsp3) is 0.0714. The molecule has 0 atom stereocenters. The molecule has 0 fully saturated rings. The van der Waals surface area contributed by atoms with Crippen molar-refractivity contribution in [3.05, 3.63) is 53.5 Å². The van der Waals surface area contributed by atoms with E-state index >= 15 is 0 Å². The monoisotopic (exact) mass is 306 g/mol. The van der Waals surface area contributed by atoms with Gasteiger partial charge in [-0.15, -0.1) is 11.8 Å². The van der Waals surface area contributed by atoms with E-state index in [-0.39, 0.29) is 5.69 Å². The molecule has 2 N–H and O–H groups in total. The number of carboxylic acid groups (broad SMARTS) is 1. The number of pyridine rings is 1. The number of carboxylic acids is 1. The minimum absolute atomic E-state index is 0.0941. The lowest BCUT2D eigenvalue weighted by Gasteiger charge is -2.10. The summed E-state index contributed by atoms with van der Waals surface area (Å²) in [4.78, 5) is 27.3. The van der Waals surface area contributed by atoms with Gasteiger partial charge in [0.2, 0.25) is 0 Å². The zero-order valence-electron chi connectivity index (χ0n) is 11.0. The van der Waals surface area contributed by atoms with Gasteiger partial charge in [0.1, 0.15) is 16.4 Å². The van der Waals surface area contributed by atoms with Gasteiger partial charge in [0.15, 0.2) is 0 Å². The summed E-state index contributed by atoms with van der Waals surface area (Å²) in [5.41, 5.74) is -0.366. The molecule has 2 aromatic rings. The summed E-state index contributed by atoms with van der Waals surface area (Å²) >= 11 is 1.29. The maximum absolute atomic E-state index is 13.6. The molecule has 0 aliphatic heterocycles. The SMILES string of the molecule is CSc1ncccc1C(=O)Nc1cccc(F)c1C(=O)O. The number of rotatable bonds is 4. The molecule has 0 aliphatic carbocycles. The van der Waals surface area contributed by atoms with Crippen LogP contribution < -0.4 is 5.32 Å². The Morgan fingerprint density at radius 2 is 2.05 bits per heavy atom. The molecule has 1 aromatic carbocycles. The molecule has 0 spiro atoms. The van der Waals surface area contributed by atoms with Gasteiger partial charge < -0.3 is 10.4 Å². The quantitative estimate of drug-likeness (QED) is 0.849. The first-order valence-electron chi connectivity index (χ1n) is 5.86. The molecule has 0 saturated heterocycles. The Hall–Kier alpha value is -2.41. The lowest BCUT2D eigenvalue weighted by Crippen LogP contribution is -2.16. The van der Waals surface area contributed by atoms with Crippen LogP contribution in [0.4, 0.5) is 10.1 Å². The molecule has 1 heterocycles. The van der Waals surface area contributed by atoms with E-state index in [9.17, 15) is 14.0 Å². The molecule has 0 saturated carbocycles. The predicted octanol–water partition coefficient (Wildman–Crippen LogP) is 2.89. The lowest BCUT2D eigenvalue weighted by molar-refractivity contribution is 0.0693. The standard InChI is InChI=1S/C14H11FN2O3S/c1-21-13-8(4-3-7-16-13)12(18)17-10-6-2-5-9(15)11(10)14(19)20/h2-7H,1H3,(H,17,18)(H,19,20). The number of aromatic carboxylic acids is 1. The van der Waals surface area contributed by atoms with Crippen LogP contribution in [0, 0.1) is 5.82 Å². The van der Waals surface area contributed by atoms with Crippen molar-refractivity contribution in [3.8, 4) is 0 Å². The first-order valence-corrected chi connectivity index (χ1v) is 7.09. The van der Waals surface area contributed by atoms with Gasteiger partial charge in [-0.1, -0.05) is 6.07 Å². The number of thioether (sulfide) groups is 1. The van der Waals surface area contributed by atoms with Gasteiger partial charge in [0.05, 0.1) is 11.3 Å². The first-order chi connectivity index (χ1) is 10.0. The molecule has 108 valence electrons. The van der Waals surface area contributed by atoms with E-state index in [4.69, 9.17) is 5.11 Å². The Morgan fingerprint density at radius 3 is 2.71 bits per heavy atom. The Bertz CT molecular complexity index is 706. The maximum atomic E-state index is 13.6. The van der Waals surface area contributed by atoms with E-state index in [0.717, 1.165) is 6.07 Å². The summed E-state index contributed by atoms with van der Waals surface area (Å²) in [5.74, 6) is -2.89. The molecular weight excluding hydrogens is 295 g/mol. The Balaban J connectivity index is 2.37. The molecule has 0 unspecified atom stereocenters. The van der Waals surface area contributed by atoms with Crippen molar-refractivity contribution in [1.82, 2.24) is 4.98 Å². The average Bonchev–Trinajstić information content (AvgIpc) is 2.46. The number of anilines is 1. The van der Waals surface area contributed by atoms with Crippen LogP contribution in [-0.2, 0) is 0 Å². The number of nitrogens with zero attached hydrogens (tertiary/aromatic N) is 1. The molecule has 0 bridgehead atoms. The lowest BCUT2D eigenvalue weighted by atomic mass is 10.1. The van der Waals surface area contributed by atoms with E-state index in [1.54, 1.807) is 24.6 Å². The molecular formula is C14H11FN2O3S. The van der Waals surface area contributed by atoms with E-state index in [0.29, 0.717) is 10.6 Å². The summed E-state index contributed by atoms with van der Waals surface area (Å²) in [6.07, 6.45) is 3.32. The number of carbonyl (C=O) groups is 2. The summed E-state index contributed by atoms with van der Waals surface area (Å²) in [6.45, 7) is 0. The average molecular weight is 306 g/mol. The van der Waals surface area contributed by atoms with Gasteiger partial charge in [-0.3, -0.25) is 4.79 Å². The van der Waals surface area contributed by atoms with E-state index < -0.39 is 23.3 Å². The van der Waals surface area contributed by atoms with Crippen molar-refractivity contribution in [2.75, 3.05) is 11.6 Å². The minimum atomic E-state index is -1.44. The molecule has 7 heteroatoms. The zero-order chi connectivity index (χ0) is 15.4. The second-order valence-corrected chi connectivity index (χ2v) is 4.78. The number of hydrogen-bond acceptors (Lipinski definition) is 4. The number of nitrogens with one attached hydrogen (secondary N) is 1. The van der Waals surface area contributed by atoms with Crippen LogP contribution in [0.2, 0.25) is 0 Å². The van der Waals surface area contributed by atoms with Crippen LogP contribution in [0.5, 0.6) is 0 Å². The van der Waals surface area contributed by atoms with Crippen LogP contribution in [0.1, 0.15) is 20.7 Å². The van der Waals surface area contributed by atoms with Crippen LogP contribution in [0.25, 0.3) is 0 Å². The van der Waals surface area contributed by atoms with Crippen molar-refractivity contribution in [2.45, 2.75) is 5.03 Å². The highest BCUT2D eigenvalue weighted by molar-refractivity contribution is 7.98. The summed E-state index contributed by atoms with van der Waals surface area (Å²) in [5, 5.41) is 11.9. The zero-order valence-corrected chi connectivity index (χ0v) is 11.8. The Labute approximate surface area is 124 Å². The minimum Gasteiger partial charge on any atom is -0.478 e. The number of carbonyl (C=O) groups excluding carboxylic acids is 1. The summed E-state index contributed by atoms with van der Waals surface area (Å²) in [7, 11) is 0. The highest BCUT2D eigenvalue weighted by Gasteiger charge is 2.19. The topological polar surface area (TPSA) is 79.3 Å². The molecule has 1 aromatic heterocycles. The van der Waals surface area contributed by atoms with Gasteiger partial charge in [0.25, 0.3) is 5.91 Å². The molecule has 0 radical (unpaired) electrons. The van der Waals surface area contributed by atoms with Crippen molar-refractivity contribution in [2.24, 2.45) is 0 Å². The number of hydrogen-bond donors (Lipinski definition) is 2. The number of aromatic nitrogens is 1. The fourth-order valence-electron chi connectivity index (χ4n) is 1.76. The predicted molar refractivity (Wildman–Crippen MR) is 77.3 cm³/mol. The van der Waals surface area contributed by atoms with Crippen molar-refractivity contribution in [3.63, 3.8) is 0 Å². The normalized spacial score (nSPS) is 10.2. The van der Waals surface area contributed by atoms with Crippen molar-refractivity contribution in [1.29, 1.82) is 0 Å². The Morgan fingerprint density at radius 1 is 1.29 bits per heavy atom. The highest BCUT2D eigenvalue weighted by atomic mass is 32.2. The number of halogens is 1. The number of amides is 1. The largest absolute Gasteiger partial charge is 0.478 e. The summed E-state index contributed by atoms with van der Waals surface area (Å²) < 4.78 is 13.6. The van der Waals surface area contributed by atoms with Crippen LogP contribution in [-0.4, -0.2) is 28.2 Å². The van der Waals surface area contributed by atoms with Gasteiger partial charge in [-0.05, 0) is 30.5 Å². The van der Waals surface area contributed by atoms with Gasteiger partial charge in [-0.25, -0.2) is 14.2 Å². The fourth-order valence-corrected chi connectivity index (χ4v) is 2.31. The summed E-state index contributed by atoms with van der Waals surface area (Å²) in [6, 6.07) is 6.85. The maximum Gasteiger partial charge on any atom is 0.340 e. The van der Waals surface area contributed by atoms with Gasteiger partial charge >= 0.3 is 5.97 Å². The van der Waals surface area contributed by atoms with Crippen LogP contribution >= 0.6 is 11.8 Å². The molecule has 5 nitrogen and oxygen atoms in total. The van der Waals surface area contributed by atoms with E-state index in [2.05, 4.69) is 10.3 Å². The smallest absolute Gasteiger partial charge is 0.340 e. The van der Waals surface area contributed by atoms with Crippen molar-refractivity contribution < 1.29 is 19.1 Å². The third kappa shape index (κ3) is 3.19. The van der Waals surface area contributed by atoms with E-state index in [1.807, 2.05) is 0 Å². The van der Waals surface area contributed by atoms with Gasteiger partial charge in [0, 0.05) is 6.20 Å². The van der Waals surface area contributed by atoms with Crippen molar-refractivity contribution >= 4 is 29.3 Å². The second kappa shape index (κ2) is 6.36. The first kappa shape index (κ1) is 15.0. The molecule has 21 heavy (non-hydrogen) atoms. The third-order valence-corrected chi connectivity index (χ3v) is 3.40. The second-order valence-electron chi connectivity index (χ2n) is 3.98. The Kier molecular flexibility index (Phi) is 4.54. The highest BCUT2D eigenvalue weighted by Crippen LogP contribution is 2.22. The van der Waals surface area contributed by atoms with Crippen LogP contribution in [0.15, 0.2) is 41.6 Å².